The Morgan fingerprint density at radius 1 is 1.00 bits per heavy atom. The van der Waals surface area contributed by atoms with Crippen LogP contribution in [0.1, 0.15) is 92.9 Å². The number of fused-ring (bicyclic) bond motifs is 5. The van der Waals surface area contributed by atoms with Gasteiger partial charge in [-0.05, 0) is 90.4 Å². The number of carbonyl (C=O) groups is 2. The van der Waals surface area contributed by atoms with Gasteiger partial charge in [-0.3, -0.25) is 9.59 Å². The molecule has 0 aromatic heterocycles. The standard InChI is InChI=1S/C29H46O4/c1-7-19(16(2)3)27(33)26(32)17(4)21-8-9-22-20-15-25(31)24-14-18(30)10-12-29(24,6)23(20)11-13-28(21,22)5/h14,16-17,19-23,26-27,32-33H,7-13,15H2,1-6H3/t17-,19-,20-,21+,22-,23-,26+,27+,28+,29+/m0/s1. The summed E-state index contributed by atoms with van der Waals surface area (Å²) < 4.78 is 0. The zero-order valence-corrected chi connectivity index (χ0v) is 21.6. The normalized spacial score (nSPS) is 42.2. The Labute approximate surface area is 200 Å². The molecule has 4 heteroatoms. The molecule has 0 amide bonds. The first-order chi connectivity index (χ1) is 15.5. The molecule has 0 heterocycles. The molecule has 0 aromatic rings. The summed E-state index contributed by atoms with van der Waals surface area (Å²) in [5, 5.41) is 22.3. The summed E-state index contributed by atoms with van der Waals surface area (Å²) in [4.78, 5) is 25.3. The third-order valence-corrected chi connectivity index (χ3v) is 11.2. The second kappa shape index (κ2) is 8.90. The minimum atomic E-state index is -0.708. The fourth-order valence-electron chi connectivity index (χ4n) is 9.20. The van der Waals surface area contributed by atoms with E-state index in [4.69, 9.17) is 0 Å². The Kier molecular flexibility index (Phi) is 6.77. The van der Waals surface area contributed by atoms with Crippen LogP contribution in [0.15, 0.2) is 11.6 Å². The van der Waals surface area contributed by atoms with Gasteiger partial charge in [0.2, 0.25) is 0 Å². The molecule has 2 N–H and O–H groups in total. The van der Waals surface area contributed by atoms with Crippen molar-refractivity contribution < 1.29 is 19.8 Å². The maximum Gasteiger partial charge on any atom is 0.159 e. The van der Waals surface area contributed by atoms with Gasteiger partial charge < -0.3 is 10.2 Å². The van der Waals surface area contributed by atoms with E-state index in [1.807, 2.05) is 0 Å². The lowest BCUT2D eigenvalue weighted by atomic mass is 9.46. The average Bonchev–Trinajstić information content (AvgIpc) is 3.11. The number of Topliss-reactive ketones (excluding diaryl/α,β-unsaturated/α-hetero) is 1. The van der Waals surface area contributed by atoms with Gasteiger partial charge in [0, 0.05) is 18.4 Å². The molecule has 3 fully saturated rings. The molecule has 4 nitrogen and oxygen atoms in total. The predicted molar refractivity (Wildman–Crippen MR) is 130 cm³/mol. The van der Waals surface area contributed by atoms with Gasteiger partial charge >= 0.3 is 0 Å². The monoisotopic (exact) mass is 458 g/mol. The quantitative estimate of drug-likeness (QED) is 0.562. The van der Waals surface area contributed by atoms with Crippen LogP contribution < -0.4 is 0 Å². The van der Waals surface area contributed by atoms with Crippen molar-refractivity contribution in [1.29, 1.82) is 0 Å². The van der Waals surface area contributed by atoms with E-state index in [-0.39, 0.29) is 34.2 Å². The molecular formula is C29H46O4. The van der Waals surface area contributed by atoms with E-state index in [0.717, 1.165) is 44.1 Å². The van der Waals surface area contributed by atoms with E-state index < -0.39 is 12.2 Å². The Hall–Kier alpha value is -1.00. The maximum atomic E-state index is 13.2. The van der Waals surface area contributed by atoms with Crippen LogP contribution in [-0.4, -0.2) is 34.0 Å². The third kappa shape index (κ3) is 3.88. The molecule has 0 aliphatic heterocycles. The van der Waals surface area contributed by atoms with Gasteiger partial charge in [-0.1, -0.05) is 48.0 Å². The summed E-state index contributed by atoms with van der Waals surface area (Å²) >= 11 is 0. The highest BCUT2D eigenvalue weighted by atomic mass is 16.3. The van der Waals surface area contributed by atoms with Gasteiger partial charge in [-0.2, -0.15) is 0 Å². The van der Waals surface area contributed by atoms with E-state index >= 15 is 0 Å². The van der Waals surface area contributed by atoms with Crippen LogP contribution in [0.2, 0.25) is 0 Å². The number of aliphatic hydroxyl groups is 2. The molecule has 33 heavy (non-hydrogen) atoms. The minimum absolute atomic E-state index is 0.0389. The molecule has 4 aliphatic rings. The van der Waals surface area contributed by atoms with E-state index in [9.17, 15) is 19.8 Å². The minimum Gasteiger partial charge on any atom is -0.390 e. The lowest BCUT2D eigenvalue weighted by Crippen LogP contribution is -2.54. The summed E-state index contributed by atoms with van der Waals surface area (Å²) in [6.45, 7) is 13.2. The fraction of sp³-hybridized carbons (Fsp3) is 0.862. The van der Waals surface area contributed by atoms with Crippen LogP contribution in [0.5, 0.6) is 0 Å². The molecule has 10 atom stereocenters. The number of hydrogen-bond donors (Lipinski definition) is 2. The highest BCUT2D eigenvalue weighted by Crippen LogP contribution is 2.67. The van der Waals surface area contributed by atoms with Gasteiger partial charge in [-0.25, -0.2) is 0 Å². The van der Waals surface area contributed by atoms with Crippen molar-refractivity contribution in [3.8, 4) is 0 Å². The van der Waals surface area contributed by atoms with E-state index in [1.54, 1.807) is 6.08 Å². The van der Waals surface area contributed by atoms with Crippen LogP contribution in [0.25, 0.3) is 0 Å². The second-order valence-corrected chi connectivity index (χ2v) is 12.8. The number of carbonyl (C=O) groups excluding carboxylic acids is 2. The van der Waals surface area contributed by atoms with Crippen molar-refractivity contribution in [2.45, 2.75) is 105 Å². The molecule has 186 valence electrons. The molecule has 3 saturated carbocycles. The van der Waals surface area contributed by atoms with Gasteiger partial charge in [0.25, 0.3) is 0 Å². The Balaban J connectivity index is 1.57. The number of rotatable bonds is 6. The first-order valence-electron chi connectivity index (χ1n) is 13.6. The Morgan fingerprint density at radius 3 is 2.33 bits per heavy atom. The van der Waals surface area contributed by atoms with Gasteiger partial charge in [0.05, 0.1) is 12.2 Å². The summed E-state index contributed by atoms with van der Waals surface area (Å²) in [7, 11) is 0. The van der Waals surface area contributed by atoms with Crippen molar-refractivity contribution in [2.24, 2.45) is 52.3 Å². The predicted octanol–water partition coefficient (Wildman–Crippen LogP) is 5.35. The molecular weight excluding hydrogens is 412 g/mol. The molecule has 0 aromatic carbocycles. The third-order valence-electron chi connectivity index (χ3n) is 11.2. The molecule has 0 bridgehead atoms. The molecule has 0 unspecified atom stereocenters. The van der Waals surface area contributed by atoms with Crippen LogP contribution in [0.4, 0.5) is 0 Å². The smallest absolute Gasteiger partial charge is 0.159 e. The van der Waals surface area contributed by atoms with Crippen molar-refractivity contribution >= 4 is 11.6 Å². The molecule has 0 spiro atoms. The Bertz CT molecular complexity index is 814. The van der Waals surface area contributed by atoms with E-state index in [1.165, 1.54) is 0 Å². The van der Waals surface area contributed by atoms with Gasteiger partial charge in [0.1, 0.15) is 0 Å². The summed E-state index contributed by atoms with van der Waals surface area (Å²) in [5.41, 5.74) is 0.757. The number of hydrogen-bond acceptors (Lipinski definition) is 4. The van der Waals surface area contributed by atoms with Crippen LogP contribution in [-0.2, 0) is 9.59 Å². The zero-order valence-electron chi connectivity index (χ0n) is 21.6. The van der Waals surface area contributed by atoms with Crippen LogP contribution in [0, 0.1) is 52.3 Å². The highest BCUT2D eigenvalue weighted by Gasteiger charge is 2.61. The number of aliphatic hydroxyl groups excluding tert-OH is 2. The molecule has 4 rings (SSSR count). The number of ketones is 2. The van der Waals surface area contributed by atoms with Gasteiger partial charge in [-0.15, -0.1) is 0 Å². The molecule has 4 aliphatic carbocycles. The van der Waals surface area contributed by atoms with E-state index in [2.05, 4.69) is 41.5 Å². The first kappa shape index (κ1) is 25.1. The van der Waals surface area contributed by atoms with Crippen LogP contribution in [0.3, 0.4) is 0 Å². The number of allylic oxidation sites excluding steroid dienone is 1. The van der Waals surface area contributed by atoms with Crippen LogP contribution >= 0.6 is 0 Å². The van der Waals surface area contributed by atoms with Crippen molar-refractivity contribution in [1.82, 2.24) is 0 Å². The Morgan fingerprint density at radius 2 is 1.70 bits per heavy atom. The summed E-state index contributed by atoms with van der Waals surface area (Å²) in [6, 6.07) is 0. The summed E-state index contributed by atoms with van der Waals surface area (Å²) in [6.07, 6.45) is 7.49. The van der Waals surface area contributed by atoms with E-state index in [0.29, 0.717) is 42.4 Å². The highest BCUT2D eigenvalue weighted by molar-refractivity contribution is 6.05. The second-order valence-electron chi connectivity index (χ2n) is 12.8. The average molecular weight is 459 g/mol. The lowest BCUT2D eigenvalue weighted by molar-refractivity contribution is -0.133. The zero-order chi connectivity index (χ0) is 24.3. The lowest BCUT2D eigenvalue weighted by Gasteiger charge is -2.58. The summed E-state index contributed by atoms with van der Waals surface area (Å²) in [5.74, 6) is 2.51. The largest absolute Gasteiger partial charge is 0.390 e. The van der Waals surface area contributed by atoms with Crippen molar-refractivity contribution in [3.05, 3.63) is 11.6 Å². The topological polar surface area (TPSA) is 74.6 Å². The first-order valence-corrected chi connectivity index (χ1v) is 13.6. The SMILES string of the molecule is CC[C@@H](C(C)C)[C@@H](O)[C@H](O)[C@@H](C)[C@H]1CC[C@H]2[C@@H]3CC(=O)C4=CC(=O)CC[C@]4(C)[C@H]3CC[C@]12C. The van der Waals surface area contributed by atoms with Crippen molar-refractivity contribution in [3.63, 3.8) is 0 Å². The maximum absolute atomic E-state index is 13.2. The van der Waals surface area contributed by atoms with Crippen molar-refractivity contribution in [2.75, 3.05) is 0 Å². The molecule has 0 radical (unpaired) electrons. The fourth-order valence-corrected chi connectivity index (χ4v) is 9.20. The molecule has 0 saturated heterocycles. The van der Waals surface area contributed by atoms with Gasteiger partial charge in [0.15, 0.2) is 11.6 Å².